The molecule has 82 valence electrons. The van der Waals surface area contributed by atoms with E-state index in [1.54, 1.807) is 24.4 Å². The van der Waals surface area contributed by atoms with Crippen LogP contribution in [0.5, 0.6) is 0 Å². The molecule has 0 aliphatic heterocycles. The quantitative estimate of drug-likeness (QED) is 0.868. The van der Waals surface area contributed by atoms with Crippen LogP contribution in [0.15, 0.2) is 30.5 Å². The van der Waals surface area contributed by atoms with Crippen molar-refractivity contribution in [2.75, 3.05) is 6.54 Å². The van der Waals surface area contributed by atoms with E-state index < -0.39 is 0 Å². The number of benzene rings is 1. The van der Waals surface area contributed by atoms with E-state index in [0.29, 0.717) is 22.6 Å². The van der Waals surface area contributed by atoms with E-state index in [2.05, 4.69) is 10.3 Å². The average molecular weight is 235 g/mol. The Bertz CT molecular complexity index is 540. The van der Waals surface area contributed by atoms with Gasteiger partial charge >= 0.3 is 0 Å². The third-order valence-corrected chi connectivity index (χ3v) is 2.63. The molecule has 1 aromatic carbocycles. The lowest BCUT2D eigenvalue weighted by atomic mass is 10.1. The number of rotatable bonds is 2. The first-order chi connectivity index (χ1) is 7.74. The van der Waals surface area contributed by atoms with E-state index in [9.17, 15) is 4.79 Å². The van der Waals surface area contributed by atoms with Crippen LogP contribution in [0, 0.1) is 0 Å². The minimum absolute atomic E-state index is 0.122. The van der Waals surface area contributed by atoms with Gasteiger partial charge in [0.15, 0.2) is 0 Å². The van der Waals surface area contributed by atoms with Crippen LogP contribution in [0.3, 0.4) is 0 Å². The van der Waals surface area contributed by atoms with Gasteiger partial charge in [0.05, 0.1) is 16.1 Å². The van der Waals surface area contributed by atoms with Crippen LogP contribution in [-0.4, -0.2) is 17.4 Å². The molecule has 0 aliphatic carbocycles. The Hall–Kier alpha value is -1.61. The molecule has 0 atom stereocenters. The molecule has 3 nitrogen and oxygen atoms in total. The molecule has 1 amide bonds. The Kier molecular flexibility index (Phi) is 3.06. The highest BCUT2D eigenvalue weighted by Gasteiger charge is 2.11. The summed E-state index contributed by atoms with van der Waals surface area (Å²) in [4.78, 5) is 16.0. The number of carbonyl (C=O) groups is 1. The van der Waals surface area contributed by atoms with E-state index >= 15 is 0 Å². The number of aromatic nitrogens is 1. The van der Waals surface area contributed by atoms with Crippen molar-refractivity contribution >= 4 is 28.4 Å². The summed E-state index contributed by atoms with van der Waals surface area (Å²) in [6, 6.07) is 7.07. The van der Waals surface area contributed by atoms with Crippen molar-refractivity contribution in [3.05, 3.63) is 41.0 Å². The lowest BCUT2D eigenvalue weighted by Crippen LogP contribution is -2.23. The van der Waals surface area contributed by atoms with Crippen LogP contribution < -0.4 is 5.32 Å². The number of carbonyl (C=O) groups excluding carboxylic acids is 1. The predicted molar refractivity (Wildman–Crippen MR) is 64.8 cm³/mol. The molecule has 0 saturated heterocycles. The number of nitrogens with zero attached hydrogens (tertiary/aromatic N) is 1. The van der Waals surface area contributed by atoms with Gasteiger partial charge in [-0.3, -0.25) is 9.78 Å². The summed E-state index contributed by atoms with van der Waals surface area (Å²) in [5.41, 5.74) is 1.20. The Balaban J connectivity index is 2.63. The van der Waals surface area contributed by atoms with Crippen molar-refractivity contribution < 1.29 is 4.79 Å². The highest BCUT2D eigenvalue weighted by atomic mass is 35.5. The van der Waals surface area contributed by atoms with Crippen LogP contribution in [0.1, 0.15) is 17.3 Å². The number of pyridine rings is 1. The lowest BCUT2D eigenvalue weighted by Gasteiger charge is -2.06. The van der Waals surface area contributed by atoms with Crippen molar-refractivity contribution in [2.45, 2.75) is 6.92 Å². The summed E-state index contributed by atoms with van der Waals surface area (Å²) in [5, 5.41) is 4.16. The minimum Gasteiger partial charge on any atom is -0.352 e. The first-order valence-electron chi connectivity index (χ1n) is 5.05. The molecule has 0 aliphatic rings. The largest absolute Gasteiger partial charge is 0.352 e. The van der Waals surface area contributed by atoms with E-state index in [1.807, 2.05) is 13.0 Å². The van der Waals surface area contributed by atoms with Gasteiger partial charge in [-0.15, -0.1) is 0 Å². The summed E-state index contributed by atoms with van der Waals surface area (Å²) in [7, 11) is 0. The van der Waals surface area contributed by atoms with Gasteiger partial charge in [-0.2, -0.15) is 0 Å². The standard InChI is InChI=1S/C12H11ClN2O/c1-2-14-12(16)9-5-6-10(13)8-4-3-7-15-11(8)9/h3-7H,2H2,1H3,(H,14,16). The molecule has 2 rings (SSSR count). The second kappa shape index (κ2) is 4.49. The maximum absolute atomic E-state index is 11.8. The molecule has 2 aromatic rings. The third-order valence-electron chi connectivity index (χ3n) is 2.30. The molecule has 1 N–H and O–H groups in total. The summed E-state index contributed by atoms with van der Waals surface area (Å²) in [6.07, 6.45) is 1.65. The summed E-state index contributed by atoms with van der Waals surface area (Å²) < 4.78 is 0. The van der Waals surface area contributed by atoms with E-state index in [4.69, 9.17) is 11.6 Å². The van der Waals surface area contributed by atoms with Gasteiger partial charge in [0.25, 0.3) is 5.91 Å². The van der Waals surface area contributed by atoms with E-state index in [0.717, 1.165) is 5.39 Å². The summed E-state index contributed by atoms with van der Waals surface area (Å²) in [6.45, 7) is 2.47. The summed E-state index contributed by atoms with van der Waals surface area (Å²) >= 11 is 6.04. The summed E-state index contributed by atoms with van der Waals surface area (Å²) in [5.74, 6) is -0.122. The first kappa shape index (κ1) is 10.9. The van der Waals surface area contributed by atoms with Crippen LogP contribution in [0.4, 0.5) is 0 Å². The number of fused-ring (bicyclic) bond motifs is 1. The number of halogens is 1. The van der Waals surface area contributed by atoms with Gasteiger partial charge in [0.2, 0.25) is 0 Å². The molecule has 0 fully saturated rings. The fraction of sp³-hybridized carbons (Fsp3) is 0.167. The Morgan fingerprint density at radius 1 is 1.44 bits per heavy atom. The molecule has 16 heavy (non-hydrogen) atoms. The minimum atomic E-state index is -0.122. The van der Waals surface area contributed by atoms with Crippen LogP contribution in [0.25, 0.3) is 10.9 Å². The lowest BCUT2D eigenvalue weighted by molar-refractivity contribution is 0.0957. The predicted octanol–water partition coefficient (Wildman–Crippen LogP) is 2.64. The van der Waals surface area contributed by atoms with Crippen LogP contribution in [-0.2, 0) is 0 Å². The van der Waals surface area contributed by atoms with E-state index in [-0.39, 0.29) is 5.91 Å². The zero-order valence-electron chi connectivity index (χ0n) is 8.83. The van der Waals surface area contributed by atoms with Gasteiger partial charge < -0.3 is 5.32 Å². The fourth-order valence-corrected chi connectivity index (χ4v) is 1.79. The molecule has 0 bridgehead atoms. The van der Waals surface area contributed by atoms with Crippen molar-refractivity contribution in [1.82, 2.24) is 10.3 Å². The second-order valence-electron chi connectivity index (χ2n) is 3.35. The second-order valence-corrected chi connectivity index (χ2v) is 3.76. The SMILES string of the molecule is CCNC(=O)c1ccc(Cl)c2cccnc12. The van der Waals surface area contributed by atoms with Crippen molar-refractivity contribution in [3.63, 3.8) is 0 Å². The monoisotopic (exact) mass is 234 g/mol. The van der Waals surface area contributed by atoms with Crippen LogP contribution >= 0.6 is 11.6 Å². The van der Waals surface area contributed by atoms with Gasteiger partial charge in [-0.25, -0.2) is 0 Å². The first-order valence-corrected chi connectivity index (χ1v) is 5.43. The van der Waals surface area contributed by atoms with Gasteiger partial charge in [-0.1, -0.05) is 11.6 Å². The molecular weight excluding hydrogens is 224 g/mol. The highest BCUT2D eigenvalue weighted by molar-refractivity contribution is 6.35. The van der Waals surface area contributed by atoms with Crippen molar-refractivity contribution in [1.29, 1.82) is 0 Å². The molecule has 0 saturated carbocycles. The third kappa shape index (κ3) is 1.86. The zero-order chi connectivity index (χ0) is 11.5. The van der Waals surface area contributed by atoms with Gasteiger partial charge in [0.1, 0.15) is 0 Å². The smallest absolute Gasteiger partial charge is 0.253 e. The molecule has 0 unspecified atom stereocenters. The molecule has 0 radical (unpaired) electrons. The molecule has 4 heteroatoms. The zero-order valence-corrected chi connectivity index (χ0v) is 9.58. The van der Waals surface area contributed by atoms with Crippen LogP contribution in [0.2, 0.25) is 5.02 Å². The maximum atomic E-state index is 11.8. The molecule has 0 spiro atoms. The number of hydrogen-bond acceptors (Lipinski definition) is 2. The van der Waals surface area contributed by atoms with Gasteiger partial charge in [0, 0.05) is 18.1 Å². The number of nitrogens with one attached hydrogen (secondary N) is 1. The van der Waals surface area contributed by atoms with Gasteiger partial charge in [-0.05, 0) is 31.2 Å². The highest BCUT2D eigenvalue weighted by Crippen LogP contribution is 2.24. The maximum Gasteiger partial charge on any atom is 0.253 e. The molecule has 1 aromatic heterocycles. The molecule has 1 heterocycles. The Morgan fingerprint density at radius 2 is 2.25 bits per heavy atom. The number of hydrogen-bond donors (Lipinski definition) is 1. The average Bonchev–Trinajstić information content (AvgIpc) is 2.30. The normalized spacial score (nSPS) is 10.4. The Labute approximate surface area is 98.4 Å². The van der Waals surface area contributed by atoms with Crippen molar-refractivity contribution in [2.24, 2.45) is 0 Å². The van der Waals surface area contributed by atoms with Crippen molar-refractivity contribution in [3.8, 4) is 0 Å². The molecular formula is C12H11ClN2O. The topological polar surface area (TPSA) is 42.0 Å². The van der Waals surface area contributed by atoms with E-state index in [1.165, 1.54) is 0 Å². The Morgan fingerprint density at radius 3 is 3.00 bits per heavy atom. The fourth-order valence-electron chi connectivity index (χ4n) is 1.58. The number of amides is 1.